The number of aryl methyl sites for hydroxylation is 1. The van der Waals surface area contributed by atoms with Gasteiger partial charge in [0.25, 0.3) is 0 Å². The molecule has 5 heteroatoms. The van der Waals surface area contributed by atoms with Crippen LogP contribution in [0.4, 0.5) is 0 Å². The normalized spacial score (nSPS) is 10.9. The van der Waals surface area contributed by atoms with E-state index in [0.717, 1.165) is 5.56 Å². The number of sulfone groups is 1. The van der Waals surface area contributed by atoms with Crippen molar-refractivity contribution in [2.75, 3.05) is 7.11 Å². The Balaban J connectivity index is 2.62. The van der Waals surface area contributed by atoms with Gasteiger partial charge in [-0.3, -0.25) is 0 Å². The number of ether oxygens (including phenoxy) is 1. The zero-order chi connectivity index (χ0) is 15.5. The molecule has 0 N–H and O–H groups in total. The maximum Gasteiger partial charge on any atom is 0.207 e. The third-order valence-electron chi connectivity index (χ3n) is 3.16. The van der Waals surface area contributed by atoms with Gasteiger partial charge in [0.2, 0.25) is 9.84 Å². The van der Waals surface area contributed by atoms with Gasteiger partial charge in [-0.25, -0.2) is 8.42 Å². The SMILES string of the molecule is COc1ccc(CC#N)c(S(=O)(=O)c2ccc(C)cc2)c1. The van der Waals surface area contributed by atoms with E-state index in [1.165, 1.54) is 13.2 Å². The third kappa shape index (κ3) is 3.06. The number of nitriles is 1. The number of rotatable bonds is 4. The molecule has 0 aromatic heterocycles. The number of hydrogen-bond acceptors (Lipinski definition) is 4. The van der Waals surface area contributed by atoms with Crippen molar-refractivity contribution in [1.82, 2.24) is 0 Å². The van der Waals surface area contributed by atoms with Crippen LogP contribution in [0.2, 0.25) is 0 Å². The summed E-state index contributed by atoms with van der Waals surface area (Å²) in [6.45, 7) is 1.89. The molecule has 108 valence electrons. The van der Waals surface area contributed by atoms with Gasteiger partial charge in [0.15, 0.2) is 0 Å². The first kappa shape index (κ1) is 15.1. The minimum atomic E-state index is -3.67. The Hall–Kier alpha value is -2.32. The van der Waals surface area contributed by atoms with E-state index in [9.17, 15) is 8.42 Å². The molecule has 0 spiro atoms. The summed E-state index contributed by atoms with van der Waals surface area (Å²) < 4.78 is 30.6. The van der Waals surface area contributed by atoms with Crippen molar-refractivity contribution in [1.29, 1.82) is 5.26 Å². The van der Waals surface area contributed by atoms with Crippen LogP contribution in [0.25, 0.3) is 0 Å². The summed E-state index contributed by atoms with van der Waals surface area (Å²) in [6.07, 6.45) is 0.0322. The van der Waals surface area contributed by atoms with E-state index in [2.05, 4.69) is 0 Å². The van der Waals surface area contributed by atoms with Crippen LogP contribution in [0.5, 0.6) is 5.75 Å². The van der Waals surface area contributed by atoms with Crippen LogP contribution >= 0.6 is 0 Å². The van der Waals surface area contributed by atoms with Crippen molar-refractivity contribution in [2.24, 2.45) is 0 Å². The standard InChI is InChI=1S/C16H15NO3S/c1-12-3-7-15(8-4-12)21(18,19)16-11-14(20-2)6-5-13(16)9-10-17/h3-8,11H,9H2,1-2H3. The van der Waals surface area contributed by atoms with E-state index in [4.69, 9.17) is 10.00 Å². The van der Waals surface area contributed by atoms with Crippen molar-refractivity contribution in [3.8, 4) is 11.8 Å². The first-order chi connectivity index (χ1) is 9.98. The average molecular weight is 301 g/mol. The fourth-order valence-corrected chi connectivity index (χ4v) is 3.49. The van der Waals surface area contributed by atoms with Crippen LogP contribution in [-0.2, 0) is 16.3 Å². The van der Waals surface area contributed by atoms with Gasteiger partial charge in [-0.15, -0.1) is 0 Å². The second-order valence-corrected chi connectivity index (χ2v) is 6.54. The quantitative estimate of drug-likeness (QED) is 0.871. The van der Waals surface area contributed by atoms with Crippen LogP contribution < -0.4 is 4.74 Å². The predicted octanol–water partition coefficient (Wildman–Crippen LogP) is 2.90. The van der Waals surface area contributed by atoms with E-state index in [-0.39, 0.29) is 16.2 Å². The van der Waals surface area contributed by atoms with Gasteiger partial charge in [-0.1, -0.05) is 23.8 Å². The van der Waals surface area contributed by atoms with Crippen LogP contribution in [0.3, 0.4) is 0 Å². The molecule has 2 rings (SSSR count). The summed E-state index contributed by atoms with van der Waals surface area (Å²) in [7, 11) is -2.20. The molecule has 0 atom stereocenters. The molecule has 0 bridgehead atoms. The highest BCUT2D eigenvalue weighted by atomic mass is 32.2. The lowest BCUT2D eigenvalue weighted by atomic mass is 10.1. The minimum Gasteiger partial charge on any atom is -0.497 e. The van der Waals surface area contributed by atoms with Crippen molar-refractivity contribution in [3.63, 3.8) is 0 Å². The summed E-state index contributed by atoms with van der Waals surface area (Å²) in [5.41, 5.74) is 1.45. The fraction of sp³-hybridized carbons (Fsp3) is 0.188. The lowest BCUT2D eigenvalue weighted by Crippen LogP contribution is -2.06. The maximum atomic E-state index is 12.7. The van der Waals surface area contributed by atoms with Gasteiger partial charge in [0.1, 0.15) is 5.75 Å². The van der Waals surface area contributed by atoms with Gasteiger partial charge >= 0.3 is 0 Å². The summed E-state index contributed by atoms with van der Waals surface area (Å²) >= 11 is 0. The van der Waals surface area contributed by atoms with E-state index < -0.39 is 9.84 Å². The Morgan fingerprint density at radius 2 is 1.81 bits per heavy atom. The molecular weight excluding hydrogens is 286 g/mol. The molecular formula is C16H15NO3S. The van der Waals surface area contributed by atoms with E-state index in [1.54, 1.807) is 36.4 Å². The molecule has 0 saturated heterocycles. The summed E-state index contributed by atoms with van der Waals surface area (Å²) in [6, 6.07) is 13.4. The molecule has 0 radical (unpaired) electrons. The largest absolute Gasteiger partial charge is 0.497 e. The van der Waals surface area contributed by atoms with Crippen molar-refractivity contribution in [3.05, 3.63) is 53.6 Å². The lowest BCUT2D eigenvalue weighted by molar-refractivity contribution is 0.413. The predicted molar refractivity (Wildman–Crippen MR) is 78.9 cm³/mol. The Labute approximate surface area is 124 Å². The number of benzene rings is 2. The second kappa shape index (κ2) is 5.98. The minimum absolute atomic E-state index is 0.0322. The van der Waals surface area contributed by atoms with Crippen LogP contribution in [0.15, 0.2) is 52.3 Å². The number of methoxy groups -OCH3 is 1. The molecule has 2 aromatic carbocycles. The second-order valence-electron chi connectivity index (χ2n) is 4.63. The molecule has 21 heavy (non-hydrogen) atoms. The fourth-order valence-electron chi connectivity index (χ4n) is 1.99. The highest BCUT2D eigenvalue weighted by Crippen LogP contribution is 2.28. The Kier molecular flexibility index (Phi) is 4.29. The molecule has 0 aliphatic rings. The van der Waals surface area contributed by atoms with Crippen molar-refractivity contribution in [2.45, 2.75) is 23.1 Å². The van der Waals surface area contributed by atoms with Crippen LogP contribution in [0, 0.1) is 18.3 Å². The Morgan fingerprint density at radius 1 is 1.14 bits per heavy atom. The first-order valence-corrected chi connectivity index (χ1v) is 7.83. The van der Waals surface area contributed by atoms with Gasteiger partial charge in [0, 0.05) is 0 Å². The van der Waals surface area contributed by atoms with Crippen LogP contribution in [0.1, 0.15) is 11.1 Å². The van der Waals surface area contributed by atoms with Gasteiger partial charge in [-0.2, -0.15) is 5.26 Å². The Morgan fingerprint density at radius 3 is 2.38 bits per heavy atom. The number of nitrogens with zero attached hydrogens (tertiary/aromatic N) is 1. The van der Waals surface area contributed by atoms with E-state index in [1.807, 2.05) is 13.0 Å². The van der Waals surface area contributed by atoms with Crippen molar-refractivity contribution >= 4 is 9.84 Å². The maximum absolute atomic E-state index is 12.7. The molecule has 0 fully saturated rings. The van der Waals surface area contributed by atoms with Gasteiger partial charge in [0.05, 0.1) is 29.4 Å². The first-order valence-electron chi connectivity index (χ1n) is 6.34. The van der Waals surface area contributed by atoms with Crippen molar-refractivity contribution < 1.29 is 13.2 Å². The van der Waals surface area contributed by atoms with E-state index >= 15 is 0 Å². The van der Waals surface area contributed by atoms with Crippen LogP contribution in [-0.4, -0.2) is 15.5 Å². The molecule has 0 saturated carbocycles. The molecule has 0 amide bonds. The molecule has 0 aliphatic carbocycles. The number of hydrogen-bond donors (Lipinski definition) is 0. The molecule has 0 unspecified atom stereocenters. The summed E-state index contributed by atoms with van der Waals surface area (Å²) in [5.74, 6) is 0.447. The highest BCUT2D eigenvalue weighted by Gasteiger charge is 2.22. The summed E-state index contributed by atoms with van der Waals surface area (Å²) in [5, 5.41) is 8.87. The lowest BCUT2D eigenvalue weighted by Gasteiger charge is -2.11. The Bertz CT molecular complexity index is 787. The average Bonchev–Trinajstić information content (AvgIpc) is 2.48. The van der Waals surface area contributed by atoms with E-state index in [0.29, 0.717) is 11.3 Å². The highest BCUT2D eigenvalue weighted by molar-refractivity contribution is 7.91. The molecule has 0 heterocycles. The molecule has 4 nitrogen and oxygen atoms in total. The zero-order valence-corrected chi connectivity index (χ0v) is 12.6. The topological polar surface area (TPSA) is 67.2 Å². The third-order valence-corrected chi connectivity index (χ3v) is 5.02. The monoisotopic (exact) mass is 301 g/mol. The smallest absolute Gasteiger partial charge is 0.207 e. The molecule has 2 aromatic rings. The summed E-state index contributed by atoms with van der Waals surface area (Å²) in [4.78, 5) is 0.327. The van der Waals surface area contributed by atoms with Gasteiger partial charge in [-0.05, 0) is 36.8 Å². The van der Waals surface area contributed by atoms with Gasteiger partial charge < -0.3 is 4.74 Å². The molecule has 0 aliphatic heterocycles. The zero-order valence-electron chi connectivity index (χ0n) is 11.8.